The van der Waals surface area contributed by atoms with Gasteiger partial charge in [-0.25, -0.2) is 0 Å². The molecule has 1 amide bonds. The largest absolute Gasteiger partial charge is 0.369 e. The lowest BCUT2D eigenvalue weighted by molar-refractivity contribution is 0.102. The van der Waals surface area contributed by atoms with Gasteiger partial charge < -0.3 is 25.3 Å². The standard InChI is InChI=1S/C22H29N5O/c1-25-14-16-27(17-15-25)20-6-2-18(3-7-20)22(28)24-19-4-8-21(9-5-19)26-12-10-23-11-13-26/h2-9,23H,10-17H2,1H3,(H,24,28). The van der Waals surface area contributed by atoms with Gasteiger partial charge in [0.1, 0.15) is 0 Å². The lowest BCUT2D eigenvalue weighted by Crippen LogP contribution is -2.44. The summed E-state index contributed by atoms with van der Waals surface area (Å²) in [5.41, 5.74) is 3.90. The lowest BCUT2D eigenvalue weighted by Gasteiger charge is -2.34. The number of piperazine rings is 2. The number of rotatable bonds is 4. The Labute approximate surface area is 167 Å². The number of benzene rings is 2. The van der Waals surface area contributed by atoms with Crippen LogP contribution < -0.4 is 20.4 Å². The van der Waals surface area contributed by atoms with Crippen molar-refractivity contribution >= 4 is 23.0 Å². The first-order valence-corrected chi connectivity index (χ1v) is 10.1. The molecular formula is C22H29N5O. The second-order valence-corrected chi connectivity index (χ2v) is 7.58. The van der Waals surface area contributed by atoms with Crippen LogP contribution in [0.5, 0.6) is 0 Å². The molecule has 148 valence electrons. The average molecular weight is 380 g/mol. The molecule has 2 N–H and O–H groups in total. The summed E-state index contributed by atoms with van der Waals surface area (Å²) in [4.78, 5) is 19.7. The summed E-state index contributed by atoms with van der Waals surface area (Å²) in [5.74, 6) is -0.0696. The van der Waals surface area contributed by atoms with Gasteiger partial charge in [-0.05, 0) is 55.6 Å². The number of nitrogens with one attached hydrogen (secondary N) is 2. The summed E-state index contributed by atoms with van der Waals surface area (Å²) in [7, 11) is 2.15. The quantitative estimate of drug-likeness (QED) is 0.852. The highest BCUT2D eigenvalue weighted by molar-refractivity contribution is 6.04. The third-order valence-electron chi connectivity index (χ3n) is 5.61. The Bertz CT molecular complexity index is 776. The molecule has 6 heteroatoms. The summed E-state index contributed by atoms with van der Waals surface area (Å²) < 4.78 is 0. The topological polar surface area (TPSA) is 50.9 Å². The molecule has 2 fully saturated rings. The molecule has 0 radical (unpaired) electrons. The Morgan fingerprint density at radius 2 is 1.32 bits per heavy atom. The van der Waals surface area contributed by atoms with Crippen LogP contribution in [0.2, 0.25) is 0 Å². The predicted octanol–water partition coefficient (Wildman–Crippen LogP) is 2.10. The number of likely N-dealkylation sites (N-methyl/N-ethyl adjacent to an activating group) is 1. The minimum Gasteiger partial charge on any atom is -0.369 e. The van der Waals surface area contributed by atoms with E-state index in [4.69, 9.17) is 0 Å². The van der Waals surface area contributed by atoms with Gasteiger partial charge in [0.25, 0.3) is 5.91 Å². The van der Waals surface area contributed by atoms with Crippen molar-refractivity contribution in [3.05, 3.63) is 54.1 Å². The van der Waals surface area contributed by atoms with Crippen LogP contribution in [0.15, 0.2) is 48.5 Å². The van der Waals surface area contributed by atoms with Crippen molar-refractivity contribution in [2.75, 3.05) is 74.5 Å². The first-order chi connectivity index (χ1) is 13.7. The summed E-state index contributed by atoms with van der Waals surface area (Å²) in [6, 6.07) is 16.0. The van der Waals surface area contributed by atoms with Gasteiger partial charge in [0.15, 0.2) is 0 Å². The van der Waals surface area contributed by atoms with Gasteiger partial charge >= 0.3 is 0 Å². The number of carbonyl (C=O) groups is 1. The summed E-state index contributed by atoms with van der Waals surface area (Å²) in [6.45, 7) is 8.28. The van der Waals surface area contributed by atoms with Crippen molar-refractivity contribution in [2.24, 2.45) is 0 Å². The molecule has 0 bridgehead atoms. The summed E-state index contributed by atoms with van der Waals surface area (Å²) >= 11 is 0. The third kappa shape index (κ3) is 4.46. The molecule has 0 aliphatic carbocycles. The van der Waals surface area contributed by atoms with Gasteiger partial charge in [-0.3, -0.25) is 4.79 Å². The fourth-order valence-electron chi connectivity index (χ4n) is 3.77. The maximum atomic E-state index is 12.6. The average Bonchev–Trinajstić information content (AvgIpc) is 2.75. The molecule has 2 aliphatic heterocycles. The summed E-state index contributed by atoms with van der Waals surface area (Å²) in [6.07, 6.45) is 0. The molecule has 0 saturated carbocycles. The van der Waals surface area contributed by atoms with E-state index in [1.807, 2.05) is 36.4 Å². The van der Waals surface area contributed by atoms with Crippen LogP contribution in [0, 0.1) is 0 Å². The number of carbonyl (C=O) groups excluding carboxylic acids is 1. The van der Waals surface area contributed by atoms with Crippen LogP contribution >= 0.6 is 0 Å². The van der Waals surface area contributed by atoms with Crippen molar-refractivity contribution in [1.82, 2.24) is 10.2 Å². The Hall–Kier alpha value is -2.57. The van der Waals surface area contributed by atoms with Crippen LogP contribution in [0.25, 0.3) is 0 Å². The van der Waals surface area contributed by atoms with Crippen molar-refractivity contribution in [3.8, 4) is 0 Å². The smallest absolute Gasteiger partial charge is 0.255 e. The van der Waals surface area contributed by atoms with Crippen LogP contribution in [0.4, 0.5) is 17.1 Å². The van der Waals surface area contributed by atoms with Gasteiger partial charge in [-0.2, -0.15) is 0 Å². The van der Waals surface area contributed by atoms with E-state index in [0.29, 0.717) is 5.56 Å². The molecule has 2 aromatic carbocycles. The lowest BCUT2D eigenvalue weighted by atomic mass is 10.1. The fraction of sp³-hybridized carbons (Fsp3) is 0.409. The van der Waals surface area contributed by atoms with E-state index in [1.165, 1.54) is 11.4 Å². The SMILES string of the molecule is CN1CCN(c2ccc(C(=O)Nc3ccc(N4CCNCC4)cc3)cc2)CC1. The van der Waals surface area contributed by atoms with Gasteiger partial charge in [-0.1, -0.05) is 0 Å². The van der Waals surface area contributed by atoms with E-state index in [1.54, 1.807) is 0 Å². The van der Waals surface area contributed by atoms with Crippen LogP contribution in [-0.2, 0) is 0 Å². The van der Waals surface area contributed by atoms with Gasteiger partial charge in [0, 0.05) is 75.0 Å². The van der Waals surface area contributed by atoms with Crippen molar-refractivity contribution in [2.45, 2.75) is 0 Å². The molecule has 0 unspecified atom stereocenters. The monoisotopic (exact) mass is 379 g/mol. The minimum absolute atomic E-state index is 0.0696. The molecular weight excluding hydrogens is 350 g/mol. The number of hydrogen-bond acceptors (Lipinski definition) is 5. The molecule has 2 saturated heterocycles. The van der Waals surface area contributed by atoms with E-state index in [0.717, 1.165) is 58.0 Å². The first-order valence-electron chi connectivity index (χ1n) is 10.1. The Morgan fingerprint density at radius 1 is 0.786 bits per heavy atom. The highest BCUT2D eigenvalue weighted by Crippen LogP contribution is 2.20. The second kappa shape index (κ2) is 8.63. The highest BCUT2D eigenvalue weighted by atomic mass is 16.1. The van der Waals surface area contributed by atoms with Crippen molar-refractivity contribution in [1.29, 1.82) is 0 Å². The van der Waals surface area contributed by atoms with Gasteiger partial charge in [0.05, 0.1) is 0 Å². The molecule has 28 heavy (non-hydrogen) atoms. The zero-order valence-corrected chi connectivity index (χ0v) is 16.5. The number of amides is 1. The number of hydrogen-bond donors (Lipinski definition) is 2. The fourth-order valence-corrected chi connectivity index (χ4v) is 3.77. The Balaban J connectivity index is 1.35. The molecule has 2 heterocycles. The number of nitrogens with zero attached hydrogens (tertiary/aromatic N) is 3. The first kappa shape index (κ1) is 18.8. The maximum absolute atomic E-state index is 12.6. The van der Waals surface area contributed by atoms with Crippen molar-refractivity contribution in [3.63, 3.8) is 0 Å². The van der Waals surface area contributed by atoms with E-state index >= 15 is 0 Å². The zero-order valence-electron chi connectivity index (χ0n) is 16.5. The molecule has 4 rings (SSSR count). The van der Waals surface area contributed by atoms with Crippen LogP contribution in [0.1, 0.15) is 10.4 Å². The minimum atomic E-state index is -0.0696. The van der Waals surface area contributed by atoms with E-state index in [2.05, 4.69) is 44.5 Å². The molecule has 6 nitrogen and oxygen atoms in total. The molecule has 0 aromatic heterocycles. The molecule has 0 spiro atoms. The molecule has 2 aliphatic rings. The number of anilines is 3. The Kier molecular flexibility index (Phi) is 5.78. The van der Waals surface area contributed by atoms with Crippen LogP contribution in [0.3, 0.4) is 0 Å². The third-order valence-corrected chi connectivity index (χ3v) is 5.61. The molecule has 0 atom stereocenters. The van der Waals surface area contributed by atoms with Gasteiger partial charge in [0.2, 0.25) is 0 Å². The summed E-state index contributed by atoms with van der Waals surface area (Å²) in [5, 5.41) is 6.37. The van der Waals surface area contributed by atoms with E-state index in [-0.39, 0.29) is 5.91 Å². The van der Waals surface area contributed by atoms with Gasteiger partial charge in [-0.15, -0.1) is 0 Å². The highest BCUT2D eigenvalue weighted by Gasteiger charge is 2.15. The second-order valence-electron chi connectivity index (χ2n) is 7.58. The van der Waals surface area contributed by atoms with E-state index < -0.39 is 0 Å². The van der Waals surface area contributed by atoms with Crippen molar-refractivity contribution < 1.29 is 4.79 Å². The van der Waals surface area contributed by atoms with Crippen LogP contribution in [-0.4, -0.2) is 70.2 Å². The maximum Gasteiger partial charge on any atom is 0.255 e. The predicted molar refractivity (Wildman–Crippen MR) is 116 cm³/mol. The molecule has 2 aromatic rings. The zero-order chi connectivity index (χ0) is 19.3. The Morgan fingerprint density at radius 3 is 1.93 bits per heavy atom. The normalized spacial score (nSPS) is 18.2. The van der Waals surface area contributed by atoms with E-state index in [9.17, 15) is 4.79 Å².